The Labute approximate surface area is 305 Å². The number of nitrogens with one attached hydrogen (secondary N) is 2. The van der Waals surface area contributed by atoms with Crippen molar-refractivity contribution in [3.05, 3.63) is 121 Å². The number of hydrogen-bond donors (Lipinski definition) is 2. The summed E-state index contributed by atoms with van der Waals surface area (Å²) in [6.45, 7) is 17.7. The van der Waals surface area contributed by atoms with Crippen LogP contribution in [0.4, 0.5) is 0 Å². The number of methoxy groups -OCH3 is 3. The maximum Gasteiger partial charge on any atom is 0.155 e. The Hall–Kier alpha value is -4.48. The first-order chi connectivity index (χ1) is 24.2. The van der Waals surface area contributed by atoms with Crippen LogP contribution in [0.25, 0.3) is 0 Å². The standard InChI is InChI=1S/C43H56N3O4P/c1-31(46-41(43(5,6)7)39(47)29-16-32-14-12-11-13-15-32)45-40(42(2,3)4)30-44-51(36-23-17-33(48-8)18-24-36,37-25-19-34(49-9)20-26-37)38-27-21-35(50-10)22-28-38/h11-15,17-28,40-41,45-46H,1,16,29-30H2,2-10H3/t40-,41-/m1/s1. The number of nitrogens with zero attached hydrogens (tertiary/aromatic N) is 1. The van der Waals surface area contributed by atoms with Crippen molar-refractivity contribution in [3.8, 4) is 17.2 Å². The first-order valence-corrected chi connectivity index (χ1v) is 19.3. The van der Waals surface area contributed by atoms with Gasteiger partial charge in [0.1, 0.15) is 17.2 Å². The molecule has 0 amide bonds. The zero-order valence-corrected chi connectivity index (χ0v) is 32.7. The second-order valence-corrected chi connectivity index (χ2v) is 18.1. The van der Waals surface area contributed by atoms with E-state index in [9.17, 15) is 4.79 Å². The van der Waals surface area contributed by atoms with Gasteiger partial charge in [0.15, 0.2) is 5.78 Å². The van der Waals surface area contributed by atoms with Crippen LogP contribution in [0.3, 0.4) is 0 Å². The zero-order valence-electron chi connectivity index (χ0n) is 31.8. The molecule has 272 valence electrons. The molecule has 0 aromatic heterocycles. The second kappa shape index (κ2) is 17.2. The monoisotopic (exact) mass is 709 g/mol. The van der Waals surface area contributed by atoms with Gasteiger partial charge in [0.2, 0.25) is 0 Å². The van der Waals surface area contributed by atoms with Crippen LogP contribution in [0.2, 0.25) is 0 Å². The molecule has 0 spiro atoms. The average molecular weight is 710 g/mol. The smallest absolute Gasteiger partial charge is 0.155 e. The molecule has 2 N–H and O–H groups in total. The van der Waals surface area contributed by atoms with Crippen LogP contribution in [0.1, 0.15) is 53.5 Å². The molecule has 4 aromatic carbocycles. The van der Waals surface area contributed by atoms with Gasteiger partial charge in [-0.1, -0.05) is 78.5 Å². The fraction of sp³-hybridized carbons (Fsp3) is 0.372. The van der Waals surface area contributed by atoms with Gasteiger partial charge in [0, 0.05) is 22.3 Å². The first kappa shape index (κ1) is 39.3. The van der Waals surface area contributed by atoms with E-state index in [2.05, 4.69) is 107 Å². The van der Waals surface area contributed by atoms with Crippen molar-refractivity contribution in [2.75, 3.05) is 27.9 Å². The Morgan fingerprint density at radius 2 is 1.10 bits per heavy atom. The largest absolute Gasteiger partial charge is 0.497 e. The summed E-state index contributed by atoms with van der Waals surface area (Å²) >= 11 is 0. The SMILES string of the molecule is C=C(N[C@H](C(=O)CCc1ccccc1)C(C)(C)C)N[C@H](CN=P(c1ccc(OC)cc1)(c1ccc(OC)cc1)c1ccc(OC)cc1)C(C)(C)C. The van der Waals surface area contributed by atoms with Crippen LogP contribution in [-0.4, -0.2) is 45.7 Å². The molecule has 0 saturated carbocycles. The summed E-state index contributed by atoms with van der Waals surface area (Å²) in [4.78, 5) is 13.7. The third-order valence-electron chi connectivity index (χ3n) is 9.22. The topological polar surface area (TPSA) is 81.2 Å². The summed E-state index contributed by atoms with van der Waals surface area (Å²) in [5, 5.41) is 10.5. The highest BCUT2D eigenvalue weighted by molar-refractivity contribution is 7.87. The second-order valence-electron chi connectivity index (χ2n) is 15.0. The van der Waals surface area contributed by atoms with Gasteiger partial charge in [0.25, 0.3) is 0 Å². The Kier molecular flexibility index (Phi) is 13.2. The van der Waals surface area contributed by atoms with E-state index < -0.39 is 13.1 Å². The van der Waals surface area contributed by atoms with Gasteiger partial charge in [0.05, 0.1) is 52.8 Å². The molecule has 8 heteroatoms. The molecule has 0 aliphatic carbocycles. The van der Waals surface area contributed by atoms with Gasteiger partial charge in [-0.05, 0) is 95.6 Å². The molecule has 4 aromatic rings. The third-order valence-corrected chi connectivity index (χ3v) is 12.9. The van der Waals surface area contributed by atoms with Crippen molar-refractivity contribution >= 4 is 28.8 Å². The molecule has 51 heavy (non-hydrogen) atoms. The Bertz CT molecular complexity index is 1650. The minimum absolute atomic E-state index is 0.119. The van der Waals surface area contributed by atoms with Crippen molar-refractivity contribution < 1.29 is 19.0 Å². The summed E-state index contributed by atoms with van der Waals surface area (Å²) in [6.07, 6.45) is 1.15. The maximum atomic E-state index is 13.7. The lowest BCUT2D eigenvalue weighted by molar-refractivity contribution is -0.123. The molecular formula is C43H56N3O4P. The Balaban J connectivity index is 1.75. The molecule has 4 rings (SSSR count). The number of carbonyl (C=O) groups is 1. The van der Waals surface area contributed by atoms with Crippen LogP contribution in [0.5, 0.6) is 17.2 Å². The molecule has 0 saturated heterocycles. The van der Waals surface area contributed by atoms with Gasteiger partial charge in [-0.2, -0.15) is 0 Å². The van der Waals surface area contributed by atoms with Crippen molar-refractivity contribution in [1.29, 1.82) is 0 Å². The summed E-state index contributed by atoms with van der Waals surface area (Å²) in [6, 6.07) is 34.4. The number of Topliss-reactive ketones (excluding diaryl/α,β-unsaturated/α-hetero) is 1. The molecule has 0 unspecified atom stereocenters. The summed E-state index contributed by atoms with van der Waals surface area (Å²) < 4.78 is 22.4. The Morgan fingerprint density at radius 3 is 1.47 bits per heavy atom. The maximum absolute atomic E-state index is 13.7. The van der Waals surface area contributed by atoms with E-state index in [1.165, 1.54) is 0 Å². The van der Waals surface area contributed by atoms with Crippen LogP contribution in [0, 0.1) is 10.8 Å². The highest BCUT2D eigenvalue weighted by Gasteiger charge is 2.34. The van der Waals surface area contributed by atoms with E-state index in [1.54, 1.807) is 21.3 Å². The van der Waals surface area contributed by atoms with Crippen molar-refractivity contribution in [2.24, 2.45) is 15.6 Å². The normalized spacial score (nSPS) is 13.0. The molecule has 0 radical (unpaired) electrons. The lowest BCUT2D eigenvalue weighted by Gasteiger charge is -2.37. The van der Waals surface area contributed by atoms with E-state index in [0.717, 1.165) is 38.7 Å². The van der Waals surface area contributed by atoms with E-state index in [1.807, 2.05) is 54.6 Å². The van der Waals surface area contributed by atoms with Gasteiger partial charge in [-0.15, -0.1) is 0 Å². The molecule has 0 aliphatic rings. The number of benzene rings is 4. The predicted octanol–water partition coefficient (Wildman–Crippen LogP) is 7.87. The molecule has 0 heterocycles. The average Bonchev–Trinajstić information content (AvgIpc) is 3.12. The van der Waals surface area contributed by atoms with Crippen LogP contribution in [0.15, 0.2) is 120 Å². The summed E-state index contributed by atoms with van der Waals surface area (Å²) in [7, 11) is 2.43. The van der Waals surface area contributed by atoms with Crippen molar-refractivity contribution in [2.45, 2.75) is 66.5 Å². The number of rotatable bonds is 16. The summed E-state index contributed by atoms with van der Waals surface area (Å²) in [5.74, 6) is 3.12. The fourth-order valence-electron chi connectivity index (χ4n) is 6.09. The molecule has 0 aliphatic heterocycles. The van der Waals surface area contributed by atoms with Gasteiger partial charge < -0.3 is 24.8 Å². The molecule has 7 nitrogen and oxygen atoms in total. The quantitative estimate of drug-likeness (QED) is 0.115. The predicted molar refractivity (Wildman–Crippen MR) is 214 cm³/mol. The van der Waals surface area contributed by atoms with E-state index in [0.29, 0.717) is 25.2 Å². The molecule has 2 atom stereocenters. The molecule has 0 fully saturated rings. The minimum atomic E-state index is -2.61. The number of carbonyl (C=O) groups excluding carboxylic acids is 1. The number of aryl methyl sites for hydroxylation is 1. The van der Waals surface area contributed by atoms with Crippen LogP contribution in [-0.2, 0) is 11.2 Å². The summed E-state index contributed by atoms with van der Waals surface area (Å²) in [5.41, 5.74) is 0.623. The Morgan fingerprint density at radius 1 is 0.667 bits per heavy atom. The first-order valence-electron chi connectivity index (χ1n) is 17.5. The van der Waals surface area contributed by atoms with E-state index in [-0.39, 0.29) is 22.7 Å². The highest BCUT2D eigenvalue weighted by atomic mass is 31.2. The molecule has 0 bridgehead atoms. The van der Waals surface area contributed by atoms with Crippen molar-refractivity contribution in [1.82, 2.24) is 10.6 Å². The lowest BCUT2D eigenvalue weighted by Crippen LogP contribution is -2.51. The van der Waals surface area contributed by atoms with Gasteiger partial charge in [-0.25, -0.2) is 0 Å². The molecular weight excluding hydrogens is 653 g/mol. The van der Waals surface area contributed by atoms with E-state index in [4.69, 9.17) is 19.0 Å². The van der Waals surface area contributed by atoms with Gasteiger partial charge in [-0.3, -0.25) is 9.54 Å². The van der Waals surface area contributed by atoms with Crippen LogP contribution >= 0.6 is 7.05 Å². The fourth-order valence-corrected chi connectivity index (χ4v) is 9.62. The third kappa shape index (κ3) is 10.1. The lowest BCUT2D eigenvalue weighted by atomic mass is 9.82. The number of hydrogen-bond acceptors (Lipinski definition) is 7. The minimum Gasteiger partial charge on any atom is -0.497 e. The number of ketones is 1. The van der Waals surface area contributed by atoms with Crippen LogP contribution < -0.4 is 40.8 Å². The highest BCUT2D eigenvalue weighted by Crippen LogP contribution is 2.47. The number of ether oxygens (including phenoxy) is 3. The van der Waals surface area contributed by atoms with E-state index >= 15 is 0 Å². The zero-order chi connectivity index (χ0) is 37.2. The van der Waals surface area contributed by atoms with Crippen molar-refractivity contribution in [3.63, 3.8) is 0 Å². The van der Waals surface area contributed by atoms with Gasteiger partial charge >= 0.3 is 0 Å².